The summed E-state index contributed by atoms with van der Waals surface area (Å²) in [4.78, 5) is 21.7. The van der Waals surface area contributed by atoms with Crippen LogP contribution in [0.15, 0.2) is 59.1 Å². The van der Waals surface area contributed by atoms with Crippen molar-refractivity contribution in [3.05, 3.63) is 49.2 Å². The van der Waals surface area contributed by atoms with Crippen LogP contribution in [-0.4, -0.2) is 56.2 Å². The van der Waals surface area contributed by atoms with Crippen LogP contribution in [0.4, 0.5) is 5.95 Å². The maximum absolute atomic E-state index is 6.49. The van der Waals surface area contributed by atoms with E-state index in [4.69, 9.17) is 15.5 Å². The molecule has 5 heterocycles. The molecule has 32 heavy (non-hydrogen) atoms. The summed E-state index contributed by atoms with van der Waals surface area (Å²) in [6.45, 7) is 4.67. The fourth-order valence-corrected chi connectivity index (χ4v) is 5.92. The maximum atomic E-state index is 6.49. The van der Waals surface area contributed by atoms with Gasteiger partial charge in [0.05, 0.1) is 23.1 Å². The summed E-state index contributed by atoms with van der Waals surface area (Å²) in [6, 6.07) is 8.14. The van der Waals surface area contributed by atoms with E-state index in [-0.39, 0.29) is 17.6 Å². The van der Waals surface area contributed by atoms with E-state index in [2.05, 4.69) is 31.2 Å². The highest BCUT2D eigenvalue weighted by Crippen LogP contribution is 2.42. The van der Waals surface area contributed by atoms with E-state index in [0.29, 0.717) is 0 Å². The summed E-state index contributed by atoms with van der Waals surface area (Å²) in [5.41, 5.74) is 8.40. The standard InChI is InChI=1S/C23H25N7OS/c1-15-19(24)23(13-31-15)6-9-29(10-7-23)22-26-12-18(20-25-8-11-30(20)22)32-21-16-4-2-3-5-17(16)27-14-28-21/h2-5,8,11-12,14-15,19H,6-7,9-10,13,24H2,1H3/t15-,19+/m0/s1. The van der Waals surface area contributed by atoms with Gasteiger partial charge in [0.2, 0.25) is 5.95 Å². The van der Waals surface area contributed by atoms with Crippen LogP contribution in [0.3, 0.4) is 0 Å². The Morgan fingerprint density at radius 3 is 2.78 bits per heavy atom. The van der Waals surface area contributed by atoms with Gasteiger partial charge in [-0.15, -0.1) is 0 Å². The Balaban J connectivity index is 1.29. The number of rotatable bonds is 3. The van der Waals surface area contributed by atoms with E-state index in [9.17, 15) is 0 Å². The van der Waals surface area contributed by atoms with Gasteiger partial charge in [0, 0.05) is 48.5 Å². The van der Waals surface area contributed by atoms with Gasteiger partial charge >= 0.3 is 0 Å². The van der Waals surface area contributed by atoms with E-state index in [1.54, 1.807) is 18.1 Å². The van der Waals surface area contributed by atoms with Gasteiger partial charge in [-0.2, -0.15) is 0 Å². The second-order valence-corrected chi connectivity index (χ2v) is 9.76. The van der Waals surface area contributed by atoms with Gasteiger partial charge in [-0.1, -0.05) is 30.0 Å². The molecule has 2 atom stereocenters. The smallest absolute Gasteiger partial charge is 0.211 e. The number of fused-ring (bicyclic) bond motifs is 2. The fourth-order valence-electron chi connectivity index (χ4n) is 4.98. The Morgan fingerprint density at radius 1 is 1.12 bits per heavy atom. The summed E-state index contributed by atoms with van der Waals surface area (Å²) < 4.78 is 7.95. The van der Waals surface area contributed by atoms with Crippen molar-refractivity contribution in [3.63, 3.8) is 0 Å². The monoisotopic (exact) mass is 447 g/mol. The first-order valence-corrected chi connectivity index (χ1v) is 11.8. The Labute approximate surface area is 190 Å². The van der Waals surface area contributed by atoms with Crippen LogP contribution in [-0.2, 0) is 4.74 Å². The average molecular weight is 448 g/mol. The Morgan fingerprint density at radius 2 is 1.97 bits per heavy atom. The van der Waals surface area contributed by atoms with Gasteiger partial charge in [0.1, 0.15) is 11.4 Å². The third-order valence-electron chi connectivity index (χ3n) is 6.98. The van der Waals surface area contributed by atoms with Crippen LogP contribution in [0.1, 0.15) is 19.8 Å². The minimum atomic E-state index is 0.0911. The van der Waals surface area contributed by atoms with E-state index in [0.717, 1.165) is 65.0 Å². The summed E-state index contributed by atoms with van der Waals surface area (Å²) in [5.74, 6) is 0.921. The number of ether oxygens (including phenoxy) is 1. The molecule has 2 N–H and O–H groups in total. The summed E-state index contributed by atoms with van der Waals surface area (Å²) >= 11 is 1.57. The van der Waals surface area contributed by atoms with Crippen molar-refractivity contribution >= 4 is 34.3 Å². The molecule has 3 aromatic heterocycles. The molecule has 0 radical (unpaired) electrons. The molecule has 2 aliphatic heterocycles. The van der Waals surface area contributed by atoms with Gasteiger partial charge in [-0.3, -0.25) is 4.40 Å². The van der Waals surface area contributed by atoms with Crippen molar-refractivity contribution in [1.82, 2.24) is 24.3 Å². The first-order chi connectivity index (χ1) is 15.6. The molecule has 6 rings (SSSR count). The van der Waals surface area contributed by atoms with Crippen LogP contribution in [0.2, 0.25) is 0 Å². The average Bonchev–Trinajstić information content (AvgIpc) is 3.42. The highest BCUT2D eigenvalue weighted by Gasteiger charge is 2.47. The van der Waals surface area contributed by atoms with Gasteiger partial charge < -0.3 is 15.4 Å². The van der Waals surface area contributed by atoms with Crippen molar-refractivity contribution in [2.45, 2.75) is 41.8 Å². The van der Waals surface area contributed by atoms with Crippen LogP contribution in [0, 0.1) is 5.41 Å². The zero-order valence-corrected chi connectivity index (χ0v) is 18.7. The number of benzene rings is 1. The van der Waals surface area contributed by atoms with Gasteiger partial charge in [-0.05, 0) is 25.8 Å². The molecule has 2 fully saturated rings. The molecule has 1 spiro atoms. The molecular weight excluding hydrogens is 422 g/mol. The molecule has 9 heteroatoms. The normalized spacial score (nSPS) is 22.9. The Hall–Kier alpha value is -2.75. The minimum absolute atomic E-state index is 0.0911. The second-order valence-electron chi connectivity index (χ2n) is 8.73. The minimum Gasteiger partial charge on any atom is -0.376 e. The summed E-state index contributed by atoms with van der Waals surface area (Å²) in [5, 5.41) is 1.93. The number of imidazole rings is 1. The molecule has 2 aliphatic rings. The number of para-hydroxylation sites is 1. The van der Waals surface area contributed by atoms with E-state index in [1.165, 1.54) is 0 Å². The van der Waals surface area contributed by atoms with Crippen molar-refractivity contribution in [1.29, 1.82) is 0 Å². The van der Waals surface area contributed by atoms with Gasteiger partial charge in [-0.25, -0.2) is 19.9 Å². The number of hydrogen-bond acceptors (Lipinski definition) is 8. The molecule has 8 nitrogen and oxygen atoms in total. The van der Waals surface area contributed by atoms with Crippen molar-refractivity contribution < 1.29 is 4.74 Å². The van der Waals surface area contributed by atoms with Crippen molar-refractivity contribution in [3.8, 4) is 0 Å². The molecule has 0 amide bonds. The first-order valence-electron chi connectivity index (χ1n) is 11.0. The molecule has 0 saturated carbocycles. The highest BCUT2D eigenvalue weighted by molar-refractivity contribution is 7.99. The Kier molecular flexibility index (Phi) is 4.78. The third kappa shape index (κ3) is 3.15. The van der Waals surface area contributed by atoms with E-state index in [1.807, 2.05) is 42.9 Å². The molecular formula is C23H25N7OS. The van der Waals surface area contributed by atoms with Crippen LogP contribution < -0.4 is 10.6 Å². The number of aromatic nitrogens is 5. The first kappa shape index (κ1) is 19.9. The van der Waals surface area contributed by atoms with Crippen molar-refractivity contribution in [2.24, 2.45) is 11.1 Å². The molecule has 0 aliphatic carbocycles. The predicted molar refractivity (Wildman–Crippen MR) is 124 cm³/mol. The largest absolute Gasteiger partial charge is 0.376 e. The highest BCUT2D eigenvalue weighted by atomic mass is 32.2. The molecule has 2 saturated heterocycles. The van der Waals surface area contributed by atoms with Crippen LogP contribution >= 0.6 is 11.8 Å². The number of nitrogens with two attached hydrogens (primary N) is 1. The molecule has 0 unspecified atom stereocenters. The lowest BCUT2D eigenvalue weighted by atomic mass is 9.73. The zero-order valence-electron chi connectivity index (χ0n) is 17.9. The second kappa shape index (κ2) is 7.68. The van der Waals surface area contributed by atoms with Crippen LogP contribution in [0.5, 0.6) is 0 Å². The summed E-state index contributed by atoms with van der Waals surface area (Å²) in [7, 11) is 0. The lowest BCUT2D eigenvalue weighted by Gasteiger charge is -2.41. The lowest BCUT2D eigenvalue weighted by molar-refractivity contribution is 0.0973. The lowest BCUT2D eigenvalue weighted by Crippen LogP contribution is -2.51. The number of piperidine rings is 1. The molecule has 1 aromatic carbocycles. The number of hydrogen-bond donors (Lipinski definition) is 1. The van der Waals surface area contributed by atoms with Gasteiger partial charge in [0.25, 0.3) is 0 Å². The number of anilines is 1. The van der Waals surface area contributed by atoms with Gasteiger partial charge in [0.15, 0.2) is 5.65 Å². The molecule has 164 valence electrons. The maximum Gasteiger partial charge on any atom is 0.211 e. The van der Waals surface area contributed by atoms with E-state index < -0.39 is 0 Å². The quantitative estimate of drug-likeness (QED) is 0.479. The fraction of sp³-hybridized carbons (Fsp3) is 0.391. The zero-order chi connectivity index (χ0) is 21.7. The topological polar surface area (TPSA) is 94.5 Å². The van der Waals surface area contributed by atoms with Crippen LogP contribution in [0.25, 0.3) is 16.6 Å². The predicted octanol–water partition coefficient (Wildman–Crippen LogP) is 3.16. The molecule has 4 aromatic rings. The molecule has 0 bridgehead atoms. The van der Waals surface area contributed by atoms with E-state index >= 15 is 0 Å². The third-order valence-corrected chi connectivity index (χ3v) is 8.00. The SMILES string of the molecule is C[C@@H]1OCC2(CCN(c3ncc(Sc4ncnc5ccccc45)c4nccn34)CC2)[C@@H]1N. The number of nitrogens with zero attached hydrogens (tertiary/aromatic N) is 6. The summed E-state index contributed by atoms with van der Waals surface area (Å²) in [6.07, 6.45) is 9.49. The Bertz CT molecular complexity index is 1280. The van der Waals surface area contributed by atoms with Crippen molar-refractivity contribution in [2.75, 3.05) is 24.6 Å².